The van der Waals surface area contributed by atoms with Crippen LogP contribution >= 0.6 is 9.24 Å². The Hall–Kier alpha value is -0.720. The Bertz CT molecular complexity index is 274. The summed E-state index contributed by atoms with van der Waals surface area (Å²) in [4.78, 5) is 11.1. The number of hydrogen-bond donors (Lipinski definition) is 1. The lowest BCUT2D eigenvalue weighted by Gasteiger charge is -2.11. The minimum atomic E-state index is -0.0904. The highest BCUT2D eigenvalue weighted by Crippen LogP contribution is 2.05. The molecule has 3 heteroatoms. The van der Waals surface area contributed by atoms with Crippen molar-refractivity contribution in [2.45, 2.75) is 12.5 Å². The van der Waals surface area contributed by atoms with Gasteiger partial charge >= 0.3 is 0 Å². The molecule has 1 aromatic carbocycles. The predicted molar refractivity (Wildman–Crippen MR) is 57.7 cm³/mol. The van der Waals surface area contributed by atoms with Crippen LogP contribution in [0.25, 0.3) is 0 Å². The zero-order valence-electron chi connectivity index (χ0n) is 7.66. The van der Waals surface area contributed by atoms with E-state index in [0.29, 0.717) is 0 Å². The van der Waals surface area contributed by atoms with Crippen LogP contribution in [0.1, 0.15) is 5.56 Å². The van der Waals surface area contributed by atoms with Crippen molar-refractivity contribution in [2.75, 3.05) is 7.05 Å². The fourth-order valence-corrected chi connectivity index (χ4v) is 1.48. The molecule has 0 amide bonds. The number of likely N-dealkylation sites (N-methyl/N-ethyl adjacent to an activating group) is 1. The smallest absolute Gasteiger partial charge is 0.165 e. The summed E-state index contributed by atoms with van der Waals surface area (Å²) in [7, 11) is 4.01. The maximum absolute atomic E-state index is 11.1. The molecule has 0 aliphatic heterocycles. The summed E-state index contributed by atoms with van der Waals surface area (Å²) >= 11 is 0. The molecular formula is C10H14NOP. The second-order valence-corrected chi connectivity index (χ2v) is 3.50. The van der Waals surface area contributed by atoms with E-state index in [4.69, 9.17) is 0 Å². The van der Waals surface area contributed by atoms with Gasteiger partial charge in [0.25, 0.3) is 0 Å². The lowest BCUT2D eigenvalue weighted by Crippen LogP contribution is -2.32. The standard InChI is InChI=1S/C10H14NOP/c1-11-9(10(12)13)7-8-5-3-2-4-6-8/h2-6,9,11H,7,13H2,1H3/t9-/m0/s1. The molecule has 0 aliphatic rings. The van der Waals surface area contributed by atoms with Crippen molar-refractivity contribution >= 4 is 14.8 Å². The first-order valence-corrected chi connectivity index (χ1v) is 4.82. The first-order valence-electron chi connectivity index (χ1n) is 4.24. The van der Waals surface area contributed by atoms with Crippen molar-refractivity contribution in [2.24, 2.45) is 0 Å². The first-order chi connectivity index (χ1) is 6.24. The van der Waals surface area contributed by atoms with Crippen LogP contribution in [-0.2, 0) is 11.2 Å². The van der Waals surface area contributed by atoms with Gasteiger partial charge in [-0.2, -0.15) is 0 Å². The largest absolute Gasteiger partial charge is 0.310 e. The van der Waals surface area contributed by atoms with E-state index in [1.54, 1.807) is 7.05 Å². The summed E-state index contributed by atoms with van der Waals surface area (Å²) in [5, 5.41) is 2.98. The van der Waals surface area contributed by atoms with Crippen LogP contribution < -0.4 is 5.32 Å². The van der Waals surface area contributed by atoms with E-state index in [9.17, 15) is 4.79 Å². The average Bonchev–Trinajstić information content (AvgIpc) is 2.15. The summed E-state index contributed by atoms with van der Waals surface area (Å²) < 4.78 is 0. The van der Waals surface area contributed by atoms with E-state index in [-0.39, 0.29) is 11.6 Å². The van der Waals surface area contributed by atoms with Crippen molar-refractivity contribution in [1.82, 2.24) is 5.32 Å². The number of carbonyl (C=O) groups excluding carboxylic acids is 1. The minimum absolute atomic E-state index is 0.0904. The van der Waals surface area contributed by atoms with Crippen molar-refractivity contribution in [3.05, 3.63) is 35.9 Å². The third-order valence-electron chi connectivity index (χ3n) is 1.97. The summed E-state index contributed by atoms with van der Waals surface area (Å²) in [6, 6.07) is 9.90. The molecule has 1 unspecified atom stereocenters. The number of rotatable bonds is 4. The molecule has 1 N–H and O–H groups in total. The Morgan fingerprint density at radius 1 is 1.46 bits per heavy atom. The minimum Gasteiger partial charge on any atom is -0.310 e. The molecule has 0 aromatic heterocycles. The number of carbonyl (C=O) groups is 1. The van der Waals surface area contributed by atoms with Gasteiger partial charge in [0.15, 0.2) is 5.52 Å². The van der Waals surface area contributed by atoms with E-state index in [1.807, 2.05) is 30.3 Å². The Kier molecular flexibility index (Phi) is 4.07. The third kappa shape index (κ3) is 3.25. The molecule has 1 aromatic rings. The zero-order chi connectivity index (χ0) is 9.68. The topological polar surface area (TPSA) is 29.1 Å². The highest BCUT2D eigenvalue weighted by atomic mass is 31.0. The fourth-order valence-electron chi connectivity index (χ4n) is 1.19. The molecule has 0 fully saturated rings. The van der Waals surface area contributed by atoms with Gasteiger partial charge in [-0.1, -0.05) is 39.6 Å². The Morgan fingerprint density at radius 3 is 2.54 bits per heavy atom. The molecule has 2 atom stereocenters. The summed E-state index contributed by atoms with van der Waals surface area (Å²) in [5.74, 6) is 0. The first kappa shape index (κ1) is 10.4. The van der Waals surface area contributed by atoms with E-state index < -0.39 is 0 Å². The van der Waals surface area contributed by atoms with Crippen molar-refractivity contribution in [1.29, 1.82) is 0 Å². The molecule has 0 heterocycles. The van der Waals surface area contributed by atoms with Gasteiger partial charge < -0.3 is 5.32 Å². The van der Waals surface area contributed by atoms with Crippen LogP contribution in [0.2, 0.25) is 0 Å². The molecule has 13 heavy (non-hydrogen) atoms. The molecular weight excluding hydrogens is 181 g/mol. The van der Waals surface area contributed by atoms with Crippen LogP contribution in [0.15, 0.2) is 30.3 Å². The second kappa shape index (κ2) is 5.11. The number of hydrogen-bond acceptors (Lipinski definition) is 2. The Balaban J connectivity index is 2.62. The van der Waals surface area contributed by atoms with Crippen LogP contribution in [0, 0.1) is 0 Å². The van der Waals surface area contributed by atoms with Gasteiger partial charge in [0.1, 0.15) is 0 Å². The van der Waals surface area contributed by atoms with Crippen LogP contribution in [0.4, 0.5) is 0 Å². The lowest BCUT2D eigenvalue weighted by atomic mass is 10.1. The van der Waals surface area contributed by atoms with Crippen molar-refractivity contribution in [3.63, 3.8) is 0 Å². The molecule has 0 radical (unpaired) electrons. The van der Waals surface area contributed by atoms with Crippen molar-refractivity contribution < 1.29 is 4.79 Å². The molecule has 0 saturated carbocycles. The van der Waals surface area contributed by atoms with Gasteiger partial charge in [0.05, 0.1) is 6.04 Å². The SMILES string of the molecule is CN[C@@H](Cc1ccccc1)C(=O)P. The molecule has 0 aliphatic carbocycles. The maximum atomic E-state index is 11.1. The van der Waals surface area contributed by atoms with Gasteiger partial charge in [-0.3, -0.25) is 4.79 Å². The monoisotopic (exact) mass is 195 g/mol. The van der Waals surface area contributed by atoms with Gasteiger partial charge in [0.2, 0.25) is 0 Å². The predicted octanol–water partition coefficient (Wildman–Crippen LogP) is 1.22. The van der Waals surface area contributed by atoms with E-state index >= 15 is 0 Å². The maximum Gasteiger partial charge on any atom is 0.165 e. The molecule has 70 valence electrons. The summed E-state index contributed by atoms with van der Waals surface area (Å²) in [6.07, 6.45) is 0.750. The normalized spacial score (nSPS) is 12.5. The fraction of sp³-hybridized carbons (Fsp3) is 0.300. The van der Waals surface area contributed by atoms with Crippen LogP contribution in [0.5, 0.6) is 0 Å². The zero-order valence-corrected chi connectivity index (χ0v) is 8.81. The average molecular weight is 195 g/mol. The number of benzene rings is 1. The van der Waals surface area contributed by atoms with Gasteiger partial charge in [0, 0.05) is 0 Å². The van der Waals surface area contributed by atoms with E-state index in [1.165, 1.54) is 5.56 Å². The highest BCUT2D eigenvalue weighted by Gasteiger charge is 2.11. The van der Waals surface area contributed by atoms with Gasteiger partial charge in [-0.25, -0.2) is 0 Å². The molecule has 0 saturated heterocycles. The van der Waals surface area contributed by atoms with Crippen LogP contribution in [-0.4, -0.2) is 18.6 Å². The molecule has 0 bridgehead atoms. The van der Waals surface area contributed by atoms with Gasteiger partial charge in [-0.05, 0) is 19.0 Å². The van der Waals surface area contributed by atoms with Crippen molar-refractivity contribution in [3.8, 4) is 0 Å². The summed E-state index contributed by atoms with van der Waals surface area (Å²) in [6.45, 7) is 0. The highest BCUT2D eigenvalue weighted by molar-refractivity contribution is 7.40. The number of nitrogens with one attached hydrogen (secondary N) is 1. The lowest BCUT2D eigenvalue weighted by molar-refractivity contribution is -0.112. The third-order valence-corrected chi connectivity index (χ3v) is 2.38. The quantitative estimate of drug-likeness (QED) is 0.732. The summed E-state index contributed by atoms with van der Waals surface area (Å²) in [5.41, 5.74) is 1.28. The second-order valence-electron chi connectivity index (χ2n) is 2.93. The Labute approximate surface area is 80.9 Å². The van der Waals surface area contributed by atoms with Gasteiger partial charge in [-0.15, -0.1) is 0 Å². The van der Waals surface area contributed by atoms with Crippen LogP contribution in [0.3, 0.4) is 0 Å². The van der Waals surface area contributed by atoms with E-state index in [2.05, 4.69) is 14.6 Å². The van der Waals surface area contributed by atoms with E-state index in [0.717, 1.165) is 6.42 Å². The molecule has 2 nitrogen and oxygen atoms in total. The molecule has 1 rings (SSSR count). The Morgan fingerprint density at radius 2 is 2.08 bits per heavy atom. The molecule has 0 spiro atoms.